The van der Waals surface area contributed by atoms with Crippen molar-refractivity contribution in [3.63, 3.8) is 0 Å². The number of rotatable bonds is 1. The van der Waals surface area contributed by atoms with Crippen LogP contribution in [0.2, 0.25) is 0 Å². The van der Waals surface area contributed by atoms with E-state index >= 15 is 0 Å². The molecule has 0 aromatic heterocycles. The third kappa shape index (κ3) is 1.61. The van der Waals surface area contributed by atoms with Crippen LogP contribution in [0.1, 0.15) is 11.7 Å². The minimum absolute atomic E-state index is 0.151. The van der Waals surface area contributed by atoms with Crippen molar-refractivity contribution in [3.8, 4) is 0 Å². The van der Waals surface area contributed by atoms with Crippen molar-refractivity contribution in [2.75, 3.05) is 6.54 Å². The highest BCUT2D eigenvalue weighted by Crippen LogP contribution is 2.22. The molecular formula is C8H9BINO2. The van der Waals surface area contributed by atoms with Crippen molar-refractivity contribution in [2.45, 2.75) is 6.10 Å². The summed E-state index contributed by atoms with van der Waals surface area (Å²) in [6, 6.07) is 5.88. The van der Waals surface area contributed by atoms with Crippen molar-refractivity contribution in [2.24, 2.45) is 5.73 Å². The molecule has 1 aliphatic rings. The van der Waals surface area contributed by atoms with Crippen molar-refractivity contribution in [3.05, 3.63) is 27.3 Å². The van der Waals surface area contributed by atoms with Crippen LogP contribution >= 0.6 is 22.6 Å². The van der Waals surface area contributed by atoms with Crippen LogP contribution in [0.3, 0.4) is 0 Å². The number of fused-ring (bicyclic) bond motifs is 1. The molecule has 0 amide bonds. The molecule has 0 fully saturated rings. The summed E-state index contributed by atoms with van der Waals surface area (Å²) in [5.41, 5.74) is 7.37. The van der Waals surface area contributed by atoms with E-state index in [1.165, 1.54) is 0 Å². The third-order valence-electron chi connectivity index (χ3n) is 2.17. The Labute approximate surface area is 90.6 Å². The van der Waals surface area contributed by atoms with Crippen molar-refractivity contribution in [1.82, 2.24) is 0 Å². The SMILES string of the molecule is NCC1OB(O)c2cc(I)ccc21. The lowest BCUT2D eigenvalue weighted by Gasteiger charge is -2.07. The van der Waals surface area contributed by atoms with Gasteiger partial charge in [-0.1, -0.05) is 6.07 Å². The van der Waals surface area contributed by atoms with Gasteiger partial charge in [0, 0.05) is 10.1 Å². The van der Waals surface area contributed by atoms with Gasteiger partial charge in [0.05, 0.1) is 6.10 Å². The Kier molecular flexibility index (Phi) is 2.59. The van der Waals surface area contributed by atoms with Crippen LogP contribution < -0.4 is 11.2 Å². The van der Waals surface area contributed by atoms with Crippen LogP contribution in [0.4, 0.5) is 0 Å². The summed E-state index contributed by atoms with van der Waals surface area (Å²) < 4.78 is 6.36. The predicted molar refractivity (Wildman–Crippen MR) is 59.6 cm³/mol. The Morgan fingerprint density at radius 1 is 1.62 bits per heavy atom. The Balaban J connectivity index is 2.46. The largest absolute Gasteiger partial charge is 0.492 e. The maximum atomic E-state index is 9.53. The highest BCUT2D eigenvalue weighted by atomic mass is 127. The quantitative estimate of drug-likeness (QED) is 0.565. The molecule has 3 nitrogen and oxygen atoms in total. The molecule has 1 aliphatic heterocycles. The number of hydrogen-bond donors (Lipinski definition) is 2. The maximum Gasteiger partial charge on any atom is 0.492 e. The summed E-state index contributed by atoms with van der Waals surface area (Å²) in [4.78, 5) is 0. The normalized spacial score (nSPS) is 20.5. The van der Waals surface area contributed by atoms with E-state index in [4.69, 9.17) is 10.4 Å². The molecule has 1 unspecified atom stereocenters. The van der Waals surface area contributed by atoms with E-state index in [0.717, 1.165) is 14.6 Å². The van der Waals surface area contributed by atoms with E-state index in [1.807, 2.05) is 18.2 Å². The molecule has 68 valence electrons. The summed E-state index contributed by atoms with van der Waals surface area (Å²) in [5, 5.41) is 9.53. The Morgan fingerprint density at radius 2 is 2.38 bits per heavy atom. The highest BCUT2D eigenvalue weighted by Gasteiger charge is 2.33. The van der Waals surface area contributed by atoms with Gasteiger partial charge in [0.2, 0.25) is 0 Å². The molecule has 0 radical (unpaired) electrons. The van der Waals surface area contributed by atoms with Gasteiger partial charge >= 0.3 is 7.12 Å². The topological polar surface area (TPSA) is 55.5 Å². The zero-order valence-corrected chi connectivity index (χ0v) is 9.06. The first-order valence-electron chi connectivity index (χ1n) is 4.05. The van der Waals surface area contributed by atoms with Gasteiger partial charge in [0.1, 0.15) is 0 Å². The fourth-order valence-corrected chi connectivity index (χ4v) is 2.05. The first-order valence-corrected chi connectivity index (χ1v) is 5.13. The van der Waals surface area contributed by atoms with E-state index in [2.05, 4.69) is 22.6 Å². The van der Waals surface area contributed by atoms with Gasteiger partial charge in [-0.25, -0.2) is 0 Å². The van der Waals surface area contributed by atoms with Crippen molar-refractivity contribution < 1.29 is 9.68 Å². The highest BCUT2D eigenvalue weighted by molar-refractivity contribution is 14.1. The molecular weight excluding hydrogens is 280 g/mol. The summed E-state index contributed by atoms with van der Waals surface area (Å²) in [7, 11) is -0.807. The molecule has 3 N–H and O–H groups in total. The first-order chi connectivity index (χ1) is 6.22. The summed E-state index contributed by atoms with van der Waals surface area (Å²) in [6.45, 7) is 0.407. The lowest BCUT2D eigenvalue weighted by molar-refractivity contribution is 0.198. The Bertz CT molecular complexity index is 334. The number of halogens is 1. The molecule has 0 aliphatic carbocycles. The molecule has 5 heteroatoms. The van der Waals surface area contributed by atoms with Crippen LogP contribution in [-0.2, 0) is 4.65 Å². The van der Waals surface area contributed by atoms with Crippen molar-refractivity contribution in [1.29, 1.82) is 0 Å². The number of nitrogens with two attached hydrogens (primary N) is 1. The molecule has 0 saturated carbocycles. The summed E-state index contributed by atoms with van der Waals surface area (Å²) in [5.74, 6) is 0. The molecule has 1 atom stereocenters. The second-order valence-electron chi connectivity index (χ2n) is 2.99. The fourth-order valence-electron chi connectivity index (χ4n) is 1.54. The predicted octanol–water partition coefficient (Wildman–Crippen LogP) is 0.00870. The van der Waals surface area contributed by atoms with Crippen LogP contribution in [0.15, 0.2) is 18.2 Å². The van der Waals surface area contributed by atoms with Gasteiger partial charge in [-0.2, -0.15) is 0 Å². The summed E-state index contributed by atoms with van der Waals surface area (Å²) >= 11 is 2.20. The maximum absolute atomic E-state index is 9.53. The van der Waals surface area contributed by atoms with E-state index in [9.17, 15) is 5.02 Å². The molecule has 13 heavy (non-hydrogen) atoms. The first kappa shape index (κ1) is 9.45. The van der Waals surface area contributed by atoms with Crippen LogP contribution in [0.5, 0.6) is 0 Å². The van der Waals surface area contributed by atoms with Gasteiger partial charge in [-0.3, -0.25) is 0 Å². The molecule has 0 spiro atoms. The zero-order valence-electron chi connectivity index (χ0n) is 6.90. The minimum atomic E-state index is -0.807. The molecule has 1 aromatic carbocycles. The zero-order chi connectivity index (χ0) is 9.42. The lowest BCUT2D eigenvalue weighted by Crippen LogP contribution is -2.28. The van der Waals surface area contributed by atoms with Gasteiger partial charge < -0.3 is 15.4 Å². The molecule has 0 bridgehead atoms. The van der Waals surface area contributed by atoms with Crippen molar-refractivity contribution >= 4 is 35.2 Å². The van der Waals surface area contributed by atoms with Crippen LogP contribution in [0, 0.1) is 3.57 Å². The Morgan fingerprint density at radius 3 is 3.08 bits per heavy atom. The minimum Gasteiger partial charge on any atom is -0.423 e. The van der Waals surface area contributed by atoms with E-state index in [-0.39, 0.29) is 6.10 Å². The molecule has 1 heterocycles. The molecule has 2 rings (SSSR count). The third-order valence-corrected chi connectivity index (χ3v) is 2.84. The Hall–Kier alpha value is -0.105. The monoisotopic (exact) mass is 289 g/mol. The average Bonchev–Trinajstić information content (AvgIpc) is 2.43. The lowest BCUT2D eigenvalue weighted by atomic mass is 9.79. The number of hydrogen-bond acceptors (Lipinski definition) is 3. The summed E-state index contributed by atoms with van der Waals surface area (Å²) in [6.07, 6.45) is -0.151. The van der Waals surface area contributed by atoms with E-state index in [1.54, 1.807) is 0 Å². The van der Waals surface area contributed by atoms with Gasteiger partial charge in [-0.05, 0) is 45.7 Å². The standard InChI is InChI=1S/C8H9BINO2/c10-5-1-2-6-7(3-5)9(12)13-8(6)4-11/h1-3,8,12H,4,11H2. The second-order valence-corrected chi connectivity index (χ2v) is 4.23. The van der Waals surface area contributed by atoms with Gasteiger partial charge in [-0.15, -0.1) is 0 Å². The fraction of sp³-hybridized carbons (Fsp3) is 0.250. The van der Waals surface area contributed by atoms with Gasteiger partial charge in [0.25, 0.3) is 0 Å². The van der Waals surface area contributed by atoms with E-state index < -0.39 is 7.12 Å². The van der Waals surface area contributed by atoms with Crippen LogP contribution in [-0.4, -0.2) is 18.7 Å². The van der Waals surface area contributed by atoms with Gasteiger partial charge in [0.15, 0.2) is 0 Å². The average molecular weight is 289 g/mol. The smallest absolute Gasteiger partial charge is 0.423 e. The number of benzene rings is 1. The molecule has 0 saturated heterocycles. The second kappa shape index (κ2) is 3.57. The molecule has 1 aromatic rings. The van der Waals surface area contributed by atoms with E-state index in [0.29, 0.717) is 6.54 Å². The van der Waals surface area contributed by atoms with Crippen LogP contribution in [0.25, 0.3) is 0 Å².